The van der Waals surface area contributed by atoms with Crippen LogP contribution >= 0.6 is 11.6 Å². The number of carbonyl (C=O) groups excluding carboxylic acids is 1. The van der Waals surface area contributed by atoms with Crippen LogP contribution in [0.3, 0.4) is 0 Å². The van der Waals surface area contributed by atoms with Gasteiger partial charge in [-0.2, -0.15) is 13.2 Å². The van der Waals surface area contributed by atoms with Crippen molar-refractivity contribution in [1.82, 2.24) is 10.2 Å². The number of halogens is 5. The number of benzene rings is 2. The third-order valence-corrected chi connectivity index (χ3v) is 7.53. The molecule has 214 valence electrons. The first kappa shape index (κ1) is 30.3. The van der Waals surface area contributed by atoms with Crippen LogP contribution in [0.15, 0.2) is 36.4 Å². The van der Waals surface area contributed by atoms with Crippen LogP contribution < -0.4 is 20.1 Å². The molecule has 3 unspecified atom stereocenters. The minimum absolute atomic E-state index is 0.0206. The summed E-state index contributed by atoms with van der Waals surface area (Å²) in [6, 6.07) is 10.4. The van der Waals surface area contributed by atoms with Crippen molar-refractivity contribution in [3.63, 3.8) is 0 Å². The molecule has 2 aromatic carbocycles. The second kappa shape index (κ2) is 12.3. The molecule has 3 atom stereocenters. The summed E-state index contributed by atoms with van der Waals surface area (Å²) in [7, 11) is 5.45. The number of aliphatic carboxylic acids is 1. The van der Waals surface area contributed by atoms with Crippen molar-refractivity contribution in [1.29, 1.82) is 0 Å². The van der Waals surface area contributed by atoms with Gasteiger partial charge in [0.15, 0.2) is 11.5 Å². The summed E-state index contributed by atoms with van der Waals surface area (Å²) in [6.07, 6.45) is -1.33. The molecule has 3 N–H and O–H groups in total. The van der Waals surface area contributed by atoms with E-state index in [9.17, 15) is 22.4 Å². The summed E-state index contributed by atoms with van der Waals surface area (Å²) in [6.45, 7) is 1.01. The van der Waals surface area contributed by atoms with E-state index in [1.165, 1.54) is 23.8 Å². The maximum absolute atomic E-state index is 13.4. The molecular weight excluding hydrogens is 546 g/mol. The maximum atomic E-state index is 13.4. The number of likely N-dealkylation sites (tertiary alicyclic amines) is 1. The Morgan fingerprint density at radius 3 is 2.36 bits per heavy atom. The SMILES string of the molecule is COc1ccc(C23CCC(NC(=O)Nc4ccc(F)c(Cl)c4)CC2N(C)CC3)cc1OC.O=C(O)C(F)(F)F. The molecule has 2 fully saturated rings. The second-order valence-electron chi connectivity index (χ2n) is 9.47. The average molecular weight is 576 g/mol. The molecule has 0 bridgehead atoms. The molecule has 4 rings (SSSR count). The Morgan fingerprint density at radius 2 is 1.77 bits per heavy atom. The standard InChI is InChI=1S/C24H29ClFN3O3.C2HF3O2/c1-29-11-10-24(15-4-7-20(31-2)21(12-15)32-3)9-8-17(14-22(24)29)28-23(30)27-16-5-6-19(26)18(25)13-16;3-2(4,5)1(6)7/h4-7,12-13,17,22H,8-11,14H2,1-3H3,(H2,27,28,30);(H,6,7). The van der Waals surface area contributed by atoms with E-state index in [1.807, 2.05) is 6.07 Å². The van der Waals surface area contributed by atoms with Crippen molar-refractivity contribution >= 4 is 29.3 Å². The average Bonchev–Trinajstić information content (AvgIpc) is 3.22. The summed E-state index contributed by atoms with van der Waals surface area (Å²) in [4.78, 5) is 23.8. The summed E-state index contributed by atoms with van der Waals surface area (Å²) >= 11 is 5.81. The minimum atomic E-state index is -5.08. The lowest BCUT2D eigenvalue weighted by atomic mass is 9.65. The summed E-state index contributed by atoms with van der Waals surface area (Å²) in [5.41, 5.74) is 1.74. The minimum Gasteiger partial charge on any atom is -0.493 e. The fourth-order valence-electron chi connectivity index (χ4n) is 5.32. The first-order valence-electron chi connectivity index (χ1n) is 12.1. The number of alkyl halides is 3. The van der Waals surface area contributed by atoms with Gasteiger partial charge in [0.1, 0.15) is 5.82 Å². The Balaban J connectivity index is 0.000000532. The number of nitrogens with one attached hydrogen (secondary N) is 2. The molecule has 13 heteroatoms. The van der Waals surface area contributed by atoms with E-state index in [-0.39, 0.29) is 22.5 Å². The molecule has 2 aliphatic rings. The number of ether oxygens (including phenoxy) is 2. The number of carbonyl (C=O) groups is 2. The number of carboxylic acid groups (broad SMARTS) is 1. The van der Waals surface area contributed by atoms with Gasteiger partial charge in [0.2, 0.25) is 0 Å². The third-order valence-electron chi connectivity index (χ3n) is 7.24. The summed E-state index contributed by atoms with van der Waals surface area (Å²) in [5, 5.41) is 12.9. The second-order valence-corrected chi connectivity index (χ2v) is 9.88. The van der Waals surface area contributed by atoms with Crippen LogP contribution in [0.4, 0.5) is 28.0 Å². The Morgan fingerprint density at radius 1 is 1.10 bits per heavy atom. The highest BCUT2D eigenvalue weighted by atomic mass is 35.5. The fraction of sp³-hybridized carbons (Fsp3) is 0.462. The van der Waals surface area contributed by atoms with Crippen molar-refractivity contribution in [2.45, 2.75) is 49.4 Å². The van der Waals surface area contributed by atoms with Gasteiger partial charge in [-0.25, -0.2) is 14.0 Å². The lowest BCUT2D eigenvalue weighted by molar-refractivity contribution is -0.192. The van der Waals surface area contributed by atoms with Crippen LogP contribution in [0.1, 0.15) is 31.2 Å². The Kier molecular flexibility index (Phi) is 9.55. The molecule has 0 aromatic heterocycles. The van der Waals surface area contributed by atoms with E-state index < -0.39 is 18.0 Å². The number of hydrogen-bond acceptors (Lipinski definition) is 5. The molecule has 1 aliphatic carbocycles. The van der Waals surface area contributed by atoms with Crippen LogP contribution in [0.25, 0.3) is 0 Å². The lowest BCUT2D eigenvalue weighted by Gasteiger charge is -2.45. The Hall–Kier alpha value is -3.25. The monoisotopic (exact) mass is 575 g/mol. The van der Waals surface area contributed by atoms with Gasteiger partial charge >= 0.3 is 18.2 Å². The highest BCUT2D eigenvalue weighted by molar-refractivity contribution is 6.31. The number of methoxy groups -OCH3 is 2. The van der Waals surface area contributed by atoms with Gasteiger partial charge in [-0.15, -0.1) is 0 Å². The van der Waals surface area contributed by atoms with Gasteiger partial charge < -0.3 is 30.1 Å². The maximum Gasteiger partial charge on any atom is 0.490 e. The molecule has 8 nitrogen and oxygen atoms in total. The number of amides is 2. The number of nitrogens with zero attached hydrogens (tertiary/aromatic N) is 1. The Bertz CT molecular complexity index is 1200. The Labute approximate surface area is 228 Å². The normalized spacial score (nSPS) is 22.7. The van der Waals surface area contributed by atoms with E-state index in [4.69, 9.17) is 31.0 Å². The van der Waals surface area contributed by atoms with E-state index in [0.29, 0.717) is 11.7 Å². The number of fused-ring (bicyclic) bond motifs is 1. The molecule has 0 radical (unpaired) electrons. The van der Waals surface area contributed by atoms with Gasteiger partial charge in [-0.3, -0.25) is 0 Å². The molecule has 1 heterocycles. The van der Waals surface area contributed by atoms with Crippen LogP contribution in [-0.2, 0) is 10.2 Å². The number of likely N-dealkylation sites (N-methyl/N-ethyl adjacent to an activating group) is 1. The van der Waals surface area contributed by atoms with Crippen molar-refractivity contribution in [3.05, 3.63) is 52.8 Å². The zero-order valence-corrected chi connectivity index (χ0v) is 22.3. The van der Waals surface area contributed by atoms with Crippen LogP contribution in [0.5, 0.6) is 11.5 Å². The highest BCUT2D eigenvalue weighted by Crippen LogP contribution is 2.49. The number of hydrogen-bond donors (Lipinski definition) is 3. The first-order valence-corrected chi connectivity index (χ1v) is 12.4. The quantitative estimate of drug-likeness (QED) is 0.410. The zero-order valence-electron chi connectivity index (χ0n) is 21.6. The topological polar surface area (TPSA) is 100 Å². The van der Waals surface area contributed by atoms with E-state index in [2.05, 4.69) is 34.7 Å². The van der Waals surface area contributed by atoms with Crippen LogP contribution in [0.2, 0.25) is 5.02 Å². The molecule has 39 heavy (non-hydrogen) atoms. The number of carboxylic acids is 1. The summed E-state index contributed by atoms with van der Waals surface area (Å²) in [5.74, 6) is -1.80. The van der Waals surface area contributed by atoms with E-state index >= 15 is 0 Å². The molecule has 1 saturated carbocycles. The van der Waals surface area contributed by atoms with Gasteiger partial charge in [-0.05, 0) is 75.2 Å². The van der Waals surface area contributed by atoms with Gasteiger partial charge in [0.25, 0.3) is 0 Å². The van der Waals surface area contributed by atoms with E-state index in [1.54, 1.807) is 14.2 Å². The molecule has 1 saturated heterocycles. The number of urea groups is 1. The van der Waals surface area contributed by atoms with Crippen molar-refractivity contribution in [3.8, 4) is 11.5 Å². The van der Waals surface area contributed by atoms with Crippen molar-refractivity contribution in [2.24, 2.45) is 0 Å². The largest absolute Gasteiger partial charge is 0.493 e. The molecule has 0 spiro atoms. The molecule has 1 aliphatic heterocycles. The van der Waals surface area contributed by atoms with Gasteiger partial charge in [0.05, 0.1) is 19.2 Å². The predicted octanol–water partition coefficient (Wildman–Crippen LogP) is 5.45. The molecular formula is C26H30ClF4N3O5. The van der Waals surface area contributed by atoms with E-state index in [0.717, 1.165) is 43.7 Å². The first-order chi connectivity index (χ1) is 18.3. The molecule has 2 aromatic rings. The zero-order chi connectivity index (χ0) is 29.0. The van der Waals surface area contributed by atoms with Crippen molar-refractivity contribution in [2.75, 3.05) is 33.1 Å². The summed E-state index contributed by atoms with van der Waals surface area (Å²) < 4.78 is 56.1. The highest BCUT2D eigenvalue weighted by Gasteiger charge is 2.50. The lowest BCUT2D eigenvalue weighted by Crippen LogP contribution is -2.52. The molecule has 2 amide bonds. The smallest absolute Gasteiger partial charge is 0.490 e. The third kappa shape index (κ3) is 7.04. The number of rotatable bonds is 5. The van der Waals surface area contributed by atoms with Crippen LogP contribution in [-0.4, -0.2) is 68.1 Å². The van der Waals surface area contributed by atoms with Gasteiger partial charge in [0, 0.05) is 23.2 Å². The number of anilines is 1. The predicted molar refractivity (Wildman–Crippen MR) is 137 cm³/mol. The fourth-order valence-corrected chi connectivity index (χ4v) is 5.50. The van der Waals surface area contributed by atoms with Crippen LogP contribution in [0, 0.1) is 5.82 Å². The van der Waals surface area contributed by atoms with Gasteiger partial charge in [-0.1, -0.05) is 17.7 Å². The van der Waals surface area contributed by atoms with Crippen molar-refractivity contribution < 1.29 is 41.7 Å².